The van der Waals surface area contributed by atoms with Gasteiger partial charge < -0.3 is 4.74 Å². The van der Waals surface area contributed by atoms with Crippen LogP contribution < -0.4 is 4.74 Å². The number of hydrogen-bond acceptors (Lipinski definition) is 1. The van der Waals surface area contributed by atoms with Gasteiger partial charge in [-0.15, -0.1) is 0 Å². The van der Waals surface area contributed by atoms with Gasteiger partial charge in [0.2, 0.25) is 0 Å². The van der Waals surface area contributed by atoms with E-state index in [9.17, 15) is 0 Å². The summed E-state index contributed by atoms with van der Waals surface area (Å²) < 4.78 is 6.78. The minimum atomic E-state index is 0.830. The van der Waals surface area contributed by atoms with Gasteiger partial charge in [0, 0.05) is 4.47 Å². The molecule has 0 fully saturated rings. The molecular weight excluding hydrogens is 240 g/mol. The second kappa shape index (κ2) is 6.07. The van der Waals surface area contributed by atoms with Crippen molar-refractivity contribution in [3.8, 4) is 5.75 Å². The molecule has 0 heterocycles. The summed E-state index contributed by atoms with van der Waals surface area (Å²) in [5.41, 5.74) is 1.19. The monoisotopic (exact) mass is 256 g/mol. The van der Waals surface area contributed by atoms with E-state index in [1.807, 2.05) is 12.1 Å². The molecule has 0 atom stereocenters. The van der Waals surface area contributed by atoms with Gasteiger partial charge in [-0.05, 0) is 37.1 Å². The molecule has 1 nitrogen and oxygen atoms in total. The molecular formula is C12H17BrO. The minimum absolute atomic E-state index is 0.830. The fourth-order valence-electron chi connectivity index (χ4n) is 1.31. The summed E-state index contributed by atoms with van der Waals surface area (Å²) >= 11 is 3.43. The Morgan fingerprint density at radius 2 is 2.07 bits per heavy atom. The molecule has 78 valence electrons. The van der Waals surface area contributed by atoms with Crippen molar-refractivity contribution >= 4 is 15.9 Å². The van der Waals surface area contributed by atoms with Crippen LogP contribution >= 0.6 is 15.9 Å². The Bertz CT molecular complexity index is 284. The lowest BCUT2D eigenvalue weighted by atomic mass is 10.2. The van der Waals surface area contributed by atoms with E-state index >= 15 is 0 Å². The van der Waals surface area contributed by atoms with Gasteiger partial charge in [0.1, 0.15) is 5.75 Å². The highest BCUT2D eigenvalue weighted by Gasteiger charge is 1.99. The van der Waals surface area contributed by atoms with Crippen LogP contribution in [0.2, 0.25) is 0 Å². The van der Waals surface area contributed by atoms with E-state index in [0.717, 1.165) is 23.2 Å². The van der Waals surface area contributed by atoms with E-state index in [4.69, 9.17) is 4.74 Å². The zero-order valence-corrected chi connectivity index (χ0v) is 10.4. The molecule has 1 aromatic carbocycles. The summed E-state index contributed by atoms with van der Waals surface area (Å²) in [5.74, 6) is 1.00. The molecule has 0 saturated carbocycles. The van der Waals surface area contributed by atoms with Crippen molar-refractivity contribution in [3.63, 3.8) is 0 Å². The molecule has 0 aliphatic heterocycles. The predicted octanol–water partition coefficient (Wildman–Crippen LogP) is 4.33. The van der Waals surface area contributed by atoms with Crippen molar-refractivity contribution in [1.29, 1.82) is 0 Å². The lowest BCUT2D eigenvalue weighted by molar-refractivity contribution is 0.304. The van der Waals surface area contributed by atoms with Crippen molar-refractivity contribution in [2.24, 2.45) is 0 Å². The number of halogens is 1. The Labute approximate surface area is 94.6 Å². The lowest BCUT2D eigenvalue weighted by Crippen LogP contribution is -1.98. The molecule has 0 spiro atoms. The van der Waals surface area contributed by atoms with E-state index in [0.29, 0.717) is 0 Å². The van der Waals surface area contributed by atoms with E-state index in [1.165, 1.54) is 18.4 Å². The summed E-state index contributed by atoms with van der Waals surface area (Å²) in [7, 11) is 0. The van der Waals surface area contributed by atoms with Crippen LogP contribution in [0.1, 0.15) is 31.7 Å². The van der Waals surface area contributed by atoms with E-state index < -0.39 is 0 Å². The highest BCUT2D eigenvalue weighted by Crippen LogP contribution is 2.22. The molecule has 2 heteroatoms. The molecule has 14 heavy (non-hydrogen) atoms. The first kappa shape index (κ1) is 11.6. The SMILES string of the molecule is CCCCCOc1ccc(Br)cc1C. The van der Waals surface area contributed by atoms with Gasteiger partial charge in [-0.2, -0.15) is 0 Å². The summed E-state index contributed by atoms with van der Waals surface area (Å²) in [6.07, 6.45) is 3.63. The number of aryl methyl sites for hydroxylation is 1. The van der Waals surface area contributed by atoms with Crippen molar-refractivity contribution in [1.82, 2.24) is 0 Å². The van der Waals surface area contributed by atoms with Crippen molar-refractivity contribution in [3.05, 3.63) is 28.2 Å². The van der Waals surface area contributed by atoms with Gasteiger partial charge in [0.25, 0.3) is 0 Å². The quantitative estimate of drug-likeness (QED) is 0.713. The molecule has 0 aliphatic rings. The van der Waals surface area contributed by atoms with Crippen molar-refractivity contribution in [2.45, 2.75) is 33.1 Å². The second-order valence-corrected chi connectivity index (χ2v) is 4.38. The van der Waals surface area contributed by atoms with Crippen LogP contribution in [-0.4, -0.2) is 6.61 Å². The van der Waals surface area contributed by atoms with Gasteiger partial charge in [0.05, 0.1) is 6.61 Å². The number of ether oxygens (including phenoxy) is 1. The first-order chi connectivity index (χ1) is 6.74. The van der Waals surface area contributed by atoms with Crippen LogP contribution in [0.3, 0.4) is 0 Å². The number of hydrogen-bond donors (Lipinski definition) is 0. The maximum atomic E-state index is 5.67. The summed E-state index contributed by atoms with van der Waals surface area (Å²) in [6.45, 7) is 5.10. The third-order valence-corrected chi connectivity index (χ3v) is 2.64. The maximum Gasteiger partial charge on any atom is 0.122 e. The average molecular weight is 257 g/mol. The molecule has 1 rings (SSSR count). The average Bonchev–Trinajstić information content (AvgIpc) is 2.15. The van der Waals surface area contributed by atoms with Crippen molar-refractivity contribution < 1.29 is 4.74 Å². The van der Waals surface area contributed by atoms with Gasteiger partial charge in [0.15, 0.2) is 0 Å². The summed E-state index contributed by atoms with van der Waals surface area (Å²) in [4.78, 5) is 0. The number of rotatable bonds is 5. The molecule has 0 radical (unpaired) electrons. The van der Waals surface area contributed by atoms with Gasteiger partial charge in [-0.25, -0.2) is 0 Å². The van der Waals surface area contributed by atoms with Crippen LogP contribution in [-0.2, 0) is 0 Å². The molecule has 0 N–H and O–H groups in total. The Kier molecular flexibility index (Phi) is 5.02. The van der Waals surface area contributed by atoms with Gasteiger partial charge in [-0.3, -0.25) is 0 Å². The fraction of sp³-hybridized carbons (Fsp3) is 0.500. The predicted molar refractivity (Wildman–Crippen MR) is 63.9 cm³/mol. The number of benzene rings is 1. The highest BCUT2D eigenvalue weighted by molar-refractivity contribution is 9.10. The first-order valence-corrected chi connectivity index (χ1v) is 5.92. The maximum absolute atomic E-state index is 5.67. The van der Waals surface area contributed by atoms with Crippen LogP contribution in [0, 0.1) is 6.92 Å². The topological polar surface area (TPSA) is 9.23 Å². The second-order valence-electron chi connectivity index (χ2n) is 3.47. The molecule has 1 aromatic rings. The Hall–Kier alpha value is -0.500. The zero-order chi connectivity index (χ0) is 10.4. The third kappa shape index (κ3) is 3.70. The van der Waals surface area contributed by atoms with Gasteiger partial charge >= 0.3 is 0 Å². The highest BCUT2D eigenvalue weighted by atomic mass is 79.9. The van der Waals surface area contributed by atoms with Crippen LogP contribution in [0.4, 0.5) is 0 Å². The molecule has 0 aliphatic carbocycles. The molecule has 0 amide bonds. The van der Waals surface area contributed by atoms with Gasteiger partial charge in [-0.1, -0.05) is 35.7 Å². The molecule has 0 unspecified atom stereocenters. The fourth-order valence-corrected chi connectivity index (χ4v) is 1.78. The smallest absolute Gasteiger partial charge is 0.122 e. The lowest BCUT2D eigenvalue weighted by Gasteiger charge is -2.08. The number of unbranched alkanes of at least 4 members (excludes halogenated alkanes) is 2. The Balaban J connectivity index is 2.42. The van der Waals surface area contributed by atoms with Crippen molar-refractivity contribution in [2.75, 3.05) is 6.61 Å². The zero-order valence-electron chi connectivity index (χ0n) is 8.85. The summed E-state index contributed by atoms with van der Waals surface area (Å²) in [6, 6.07) is 6.11. The largest absolute Gasteiger partial charge is 0.493 e. The normalized spacial score (nSPS) is 10.2. The Morgan fingerprint density at radius 1 is 1.29 bits per heavy atom. The van der Waals surface area contributed by atoms with Crippen LogP contribution in [0.15, 0.2) is 22.7 Å². The van der Waals surface area contributed by atoms with Crippen LogP contribution in [0.5, 0.6) is 5.75 Å². The molecule has 0 bridgehead atoms. The third-order valence-electron chi connectivity index (χ3n) is 2.14. The molecule has 0 aromatic heterocycles. The first-order valence-electron chi connectivity index (χ1n) is 5.13. The van der Waals surface area contributed by atoms with E-state index in [1.54, 1.807) is 0 Å². The summed E-state index contributed by atoms with van der Waals surface area (Å²) in [5, 5.41) is 0. The van der Waals surface area contributed by atoms with E-state index in [-0.39, 0.29) is 0 Å². The standard InChI is InChI=1S/C12H17BrO/c1-3-4-5-8-14-12-7-6-11(13)9-10(12)2/h6-7,9H,3-5,8H2,1-2H3. The Morgan fingerprint density at radius 3 is 2.71 bits per heavy atom. The minimum Gasteiger partial charge on any atom is -0.493 e. The van der Waals surface area contributed by atoms with E-state index in [2.05, 4.69) is 35.8 Å². The molecule has 0 saturated heterocycles. The van der Waals surface area contributed by atoms with Crippen LogP contribution in [0.25, 0.3) is 0 Å².